The van der Waals surface area contributed by atoms with E-state index >= 15 is 0 Å². The van der Waals surface area contributed by atoms with Crippen LogP contribution in [0.25, 0.3) is 0 Å². The molecule has 6 nitrogen and oxygen atoms in total. The molecule has 7 heteroatoms. The molecule has 29 heavy (non-hydrogen) atoms. The van der Waals surface area contributed by atoms with Crippen LogP contribution in [0.15, 0.2) is 29.3 Å². The minimum Gasteiger partial charge on any atom is -0.491 e. The number of methoxy groups -OCH3 is 1. The van der Waals surface area contributed by atoms with Crippen molar-refractivity contribution in [3.05, 3.63) is 29.8 Å². The van der Waals surface area contributed by atoms with Crippen LogP contribution in [0.4, 0.5) is 0 Å². The van der Waals surface area contributed by atoms with Crippen molar-refractivity contribution in [1.82, 2.24) is 10.6 Å². The highest BCUT2D eigenvalue weighted by Crippen LogP contribution is 2.38. The van der Waals surface area contributed by atoms with Crippen LogP contribution in [0.5, 0.6) is 5.75 Å². The number of halogens is 1. The van der Waals surface area contributed by atoms with Crippen molar-refractivity contribution in [2.45, 2.75) is 52.0 Å². The molecule has 0 aliphatic heterocycles. The van der Waals surface area contributed by atoms with Crippen molar-refractivity contribution in [1.29, 1.82) is 0 Å². The van der Waals surface area contributed by atoms with E-state index in [1.165, 1.54) is 32.1 Å². The number of aliphatic hydroxyl groups is 1. The van der Waals surface area contributed by atoms with Crippen LogP contribution in [0.1, 0.15) is 51.0 Å². The van der Waals surface area contributed by atoms with Crippen molar-refractivity contribution in [3.63, 3.8) is 0 Å². The van der Waals surface area contributed by atoms with E-state index in [0.29, 0.717) is 19.8 Å². The summed E-state index contributed by atoms with van der Waals surface area (Å²) >= 11 is 0. The summed E-state index contributed by atoms with van der Waals surface area (Å²) in [5.41, 5.74) is 1.34. The fourth-order valence-electron chi connectivity index (χ4n) is 3.77. The van der Waals surface area contributed by atoms with Gasteiger partial charge in [0.1, 0.15) is 12.4 Å². The number of nitrogens with one attached hydrogen (secondary N) is 2. The number of hydrogen-bond acceptors (Lipinski definition) is 4. The lowest BCUT2D eigenvalue weighted by molar-refractivity contribution is 0.131. The van der Waals surface area contributed by atoms with Gasteiger partial charge in [-0.1, -0.05) is 31.4 Å². The van der Waals surface area contributed by atoms with Gasteiger partial charge in [0, 0.05) is 26.8 Å². The molecule has 166 valence electrons. The molecular weight excluding hydrogens is 481 g/mol. The predicted octanol–water partition coefficient (Wildman–Crippen LogP) is 3.72. The van der Waals surface area contributed by atoms with Crippen LogP contribution in [-0.4, -0.2) is 51.1 Å². The van der Waals surface area contributed by atoms with Crippen molar-refractivity contribution < 1.29 is 14.6 Å². The van der Waals surface area contributed by atoms with Crippen molar-refractivity contribution in [2.24, 2.45) is 10.4 Å². The van der Waals surface area contributed by atoms with E-state index in [1.54, 1.807) is 7.11 Å². The average Bonchev–Trinajstić information content (AvgIpc) is 2.72. The molecule has 1 aromatic rings. The van der Waals surface area contributed by atoms with Gasteiger partial charge in [-0.05, 0) is 49.3 Å². The summed E-state index contributed by atoms with van der Waals surface area (Å²) < 4.78 is 10.6. The Kier molecular flexibility index (Phi) is 13.3. The second-order valence-corrected chi connectivity index (χ2v) is 7.57. The highest BCUT2D eigenvalue weighted by atomic mass is 127. The first-order chi connectivity index (χ1) is 13.7. The zero-order valence-corrected chi connectivity index (χ0v) is 20.2. The summed E-state index contributed by atoms with van der Waals surface area (Å²) in [6, 6.07) is 8.03. The summed E-state index contributed by atoms with van der Waals surface area (Å²) in [6.07, 6.45) is 7.06. The zero-order valence-electron chi connectivity index (χ0n) is 17.9. The fourth-order valence-corrected chi connectivity index (χ4v) is 3.77. The number of nitrogens with zero attached hydrogens (tertiary/aromatic N) is 1. The van der Waals surface area contributed by atoms with E-state index in [0.717, 1.165) is 36.8 Å². The van der Waals surface area contributed by atoms with Crippen molar-refractivity contribution >= 4 is 29.9 Å². The Bertz CT molecular complexity index is 570. The Morgan fingerprint density at radius 3 is 2.45 bits per heavy atom. The number of benzene rings is 1. The highest BCUT2D eigenvalue weighted by Gasteiger charge is 2.31. The van der Waals surface area contributed by atoms with E-state index in [2.05, 4.69) is 17.6 Å². The van der Waals surface area contributed by atoms with Crippen LogP contribution in [0.2, 0.25) is 0 Å². The SMILES string of the molecule is CCNC(=NCc1ccc(OCCOC)cc1)NCC1(CCO)CCCCC1.I. The second-order valence-electron chi connectivity index (χ2n) is 7.57. The summed E-state index contributed by atoms with van der Waals surface area (Å²) in [5, 5.41) is 16.4. The Balaban J connectivity index is 0.00000420. The van der Waals surface area contributed by atoms with Gasteiger partial charge in [-0.2, -0.15) is 0 Å². The van der Waals surface area contributed by atoms with Gasteiger partial charge in [0.2, 0.25) is 0 Å². The molecule has 0 bridgehead atoms. The smallest absolute Gasteiger partial charge is 0.191 e. The van der Waals surface area contributed by atoms with Crippen LogP contribution in [0, 0.1) is 5.41 Å². The molecule has 0 radical (unpaired) electrons. The maximum Gasteiger partial charge on any atom is 0.191 e. The van der Waals surface area contributed by atoms with Gasteiger partial charge < -0.3 is 25.2 Å². The molecule has 0 unspecified atom stereocenters. The van der Waals surface area contributed by atoms with Crippen LogP contribution >= 0.6 is 24.0 Å². The van der Waals surface area contributed by atoms with Crippen LogP contribution in [0.3, 0.4) is 0 Å². The van der Waals surface area contributed by atoms with E-state index < -0.39 is 0 Å². The van der Waals surface area contributed by atoms with Crippen molar-refractivity contribution in [2.75, 3.05) is 40.0 Å². The Morgan fingerprint density at radius 1 is 1.10 bits per heavy atom. The molecule has 0 saturated heterocycles. The standard InChI is InChI=1S/C22H37N3O3.HI/c1-3-23-21(25-18-22(13-14-26)11-5-4-6-12-22)24-17-19-7-9-20(10-8-19)28-16-15-27-2;/h7-10,26H,3-6,11-18H2,1-2H3,(H2,23,24,25);1H. The molecule has 3 N–H and O–H groups in total. The van der Waals surface area contributed by atoms with E-state index in [9.17, 15) is 5.11 Å². The van der Waals surface area contributed by atoms with Gasteiger partial charge in [0.25, 0.3) is 0 Å². The molecule has 1 aliphatic rings. The molecule has 0 heterocycles. The van der Waals surface area contributed by atoms with Crippen LogP contribution < -0.4 is 15.4 Å². The number of aliphatic hydroxyl groups excluding tert-OH is 1. The third kappa shape index (κ3) is 9.53. The maximum absolute atomic E-state index is 9.50. The molecule has 1 saturated carbocycles. The lowest BCUT2D eigenvalue weighted by atomic mass is 9.72. The molecular formula is C22H38IN3O3. The van der Waals surface area contributed by atoms with Gasteiger partial charge in [-0.15, -0.1) is 24.0 Å². The number of hydrogen-bond donors (Lipinski definition) is 3. The first-order valence-corrected chi connectivity index (χ1v) is 10.5. The highest BCUT2D eigenvalue weighted by molar-refractivity contribution is 14.0. The Morgan fingerprint density at radius 2 is 1.83 bits per heavy atom. The van der Waals surface area contributed by atoms with Crippen LogP contribution in [-0.2, 0) is 11.3 Å². The first kappa shape index (κ1) is 26.0. The molecule has 0 spiro atoms. The van der Waals surface area contributed by atoms with Gasteiger partial charge in [-0.3, -0.25) is 0 Å². The minimum absolute atomic E-state index is 0. The number of aliphatic imine (C=N–C) groups is 1. The van der Waals surface area contributed by atoms with Gasteiger partial charge in [0.05, 0.1) is 13.2 Å². The van der Waals surface area contributed by atoms with Gasteiger partial charge in [-0.25, -0.2) is 4.99 Å². The summed E-state index contributed by atoms with van der Waals surface area (Å²) in [7, 11) is 1.67. The molecule has 0 amide bonds. The normalized spacial score (nSPS) is 16.0. The largest absolute Gasteiger partial charge is 0.491 e. The number of ether oxygens (including phenoxy) is 2. The third-order valence-corrected chi connectivity index (χ3v) is 5.43. The summed E-state index contributed by atoms with van der Waals surface area (Å²) in [6.45, 7) is 5.78. The van der Waals surface area contributed by atoms with Crippen molar-refractivity contribution in [3.8, 4) is 5.75 Å². The monoisotopic (exact) mass is 519 g/mol. The molecule has 2 rings (SSSR count). The fraction of sp³-hybridized carbons (Fsp3) is 0.682. The topological polar surface area (TPSA) is 75.1 Å². The maximum atomic E-state index is 9.50. The third-order valence-electron chi connectivity index (χ3n) is 5.43. The van der Waals surface area contributed by atoms with E-state index in [1.807, 2.05) is 24.3 Å². The molecule has 1 aromatic carbocycles. The first-order valence-electron chi connectivity index (χ1n) is 10.5. The number of rotatable bonds is 11. The minimum atomic E-state index is 0. The van der Waals surface area contributed by atoms with Gasteiger partial charge >= 0.3 is 0 Å². The lowest BCUT2D eigenvalue weighted by Gasteiger charge is -2.37. The second kappa shape index (κ2) is 14.8. The van der Waals surface area contributed by atoms with E-state index in [-0.39, 0.29) is 36.0 Å². The Labute approximate surface area is 192 Å². The zero-order chi connectivity index (χ0) is 20.1. The quantitative estimate of drug-likeness (QED) is 0.180. The molecule has 0 aromatic heterocycles. The summed E-state index contributed by atoms with van der Waals surface area (Å²) in [4.78, 5) is 4.74. The predicted molar refractivity (Wildman–Crippen MR) is 129 cm³/mol. The molecule has 1 aliphatic carbocycles. The molecule has 0 atom stereocenters. The lowest BCUT2D eigenvalue weighted by Crippen LogP contribution is -2.44. The summed E-state index contributed by atoms with van der Waals surface area (Å²) in [5.74, 6) is 1.68. The van der Waals surface area contributed by atoms with Gasteiger partial charge in [0.15, 0.2) is 5.96 Å². The average molecular weight is 519 g/mol. The van der Waals surface area contributed by atoms with E-state index in [4.69, 9.17) is 14.5 Å². The Hall–Kier alpha value is -1.06. The molecule has 1 fully saturated rings. The number of guanidine groups is 1.